The summed E-state index contributed by atoms with van der Waals surface area (Å²) in [4.78, 5) is 11.8. The number of hydrogen-bond donors (Lipinski definition) is 0. The van der Waals surface area contributed by atoms with Crippen LogP contribution in [0.5, 0.6) is 0 Å². The van der Waals surface area contributed by atoms with Gasteiger partial charge in [0.25, 0.3) is 0 Å². The SMILES string of the molecule is COCCOC(=O)c1nnn(CCS(=O)(=O)C(C)C)c1C. The molecular formula is C12H21N3O5S. The average molecular weight is 319 g/mol. The van der Waals surface area contributed by atoms with Crippen molar-refractivity contribution in [3.8, 4) is 0 Å². The smallest absolute Gasteiger partial charge is 0.360 e. The highest BCUT2D eigenvalue weighted by Crippen LogP contribution is 2.08. The standard InChI is InChI=1S/C12H21N3O5S/c1-9(2)21(17,18)8-5-15-10(3)11(13-14-15)12(16)20-7-6-19-4/h9H,5-8H2,1-4H3. The second-order valence-corrected chi connectivity index (χ2v) is 7.47. The van der Waals surface area contributed by atoms with Crippen molar-refractivity contribution in [1.29, 1.82) is 0 Å². The molecule has 1 heterocycles. The molecule has 1 aromatic heterocycles. The number of methoxy groups -OCH3 is 1. The van der Waals surface area contributed by atoms with Crippen LogP contribution in [-0.2, 0) is 25.9 Å². The largest absolute Gasteiger partial charge is 0.458 e. The second-order valence-electron chi connectivity index (χ2n) is 4.79. The molecule has 21 heavy (non-hydrogen) atoms. The van der Waals surface area contributed by atoms with Gasteiger partial charge in [-0.1, -0.05) is 5.21 Å². The first kappa shape index (κ1) is 17.6. The number of carbonyl (C=O) groups is 1. The molecule has 0 spiro atoms. The molecule has 0 saturated heterocycles. The second kappa shape index (κ2) is 7.51. The Morgan fingerprint density at radius 2 is 2.00 bits per heavy atom. The Hall–Kier alpha value is -1.48. The molecule has 0 saturated carbocycles. The minimum Gasteiger partial charge on any atom is -0.458 e. The van der Waals surface area contributed by atoms with Gasteiger partial charge in [-0.25, -0.2) is 17.9 Å². The van der Waals surface area contributed by atoms with Crippen LogP contribution in [-0.4, -0.2) is 60.7 Å². The number of carbonyl (C=O) groups excluding carboxylic acids is 1. The molecule has 0 fully saturated rings. The van der Waals surface area contributed by atoms with E-state index >= 15 is 0 Å². The molecule has 1 rings (SSSR count). The number of aromatic nitrogens is 3. The third-order valence-corrected chi connectivity index (χ3v) is 5.19. The van der Waals surface area contributed by atoms with E-state index < -0.39 is 21.1 Å². The van der Waals surface area contributed by atoms with E-state index in [1.165, 1.54) is 11.8 Å². The van der Waals surface area contributed by atoms with E-state index in [-0.39, 0.29) is 24.6 Å². The van der Waals surface area contributed by atoms with Gasteiger partial charge in [0.1, 0.15) is 6.61 Å². The normalized spacial score (nSPS) is 11.9. The molecule has 0 aliphatic carbocycles. The molecule has 0 radical (unpaired) electrons. The van der Waals surface area contributed by atoms with E-state index in [4.69, 9.17) is 9.47 Å². The van der Waals surface area contributed by atoms with Crippen LogP contribution in [0.25, 0.3) is 0 Å². The van der Waals surface area contributed by atoms with Gasteiger partial charge in [0, 0.05) is 7.11 Å². The van der Waals surface area contributed by atoms with Crippen LogP contribution in [0.15, 0.2) is 0 Å². The molecule has 0 aliphatic heterocycles. The van der Waals surface area contributed by atoms with E-state index in [0.717, 1.165) is 0 Å². The first-order valence-electron chi connectivity index (χ1n) is 6.57. The summed E-state index contributed by atoms with van der Waals surface area (Å²) in [5.74, 6) is -0.643. The van der Waals surface area contributed by atoms with Crippen LogP contribution in [0, 0.1) is 6.92 Å². The van der Waals surface area contributed by atoms with Gasteiger partial charge in [-0.2, -0.15) is 0 Å². The first-order valence-corrected chi connectivity index (χ1v) is 8.29. The summed E-state index contributed by atoms with van der Waals surface area (Å²) in [6.07, 6.45) is 0. The molecule has 120 valence electrons. The first-order chi connectivity index (χ1) is 9.79. The zero-order valence-electron chi connectivity index (χ0n) is 12.7. The van der Waals surface area contributed by atoms with Crippen molar-refractivity contribution in [2.45, 2.75) is 32.6 Å². The minimum absolute atomic E-state index is 0.0486. The molecule has 0 aliphatic rings. The minimum atomic E-state index is -3.16. The topological polar surface area (TPSA) is 100 Å². The Bertz CT molecular complexity index is 580. The van der Waals surface area contributed by atoms with Crippen molar-refractivity contribution in [3.05, 3.63) is 11.4 Å². The molecule has 0 aromatic carbocycles. The maximum absolute atomic E-state index is 11.8. The number of aryl methyl sites for hydroxylation is 1. The van der Waals surface area contributed by atoms with Gasteiger partial charge in [0.05, 0.1) is 29.8 Å². The average Bonchev–Trinajstić information content (AvgIpc) is 2.78. The highest BCUT2D eigenvalue weighted by Gasteiger charge is 2.20. The molecule has 1 aromatic rings. The predicted octanol–water partition coefficient (Wildman–Crippen LogP) is 0.213. The van der Waals surface area contributed by atoms with E-state index in [9.17, 15) is 13.2 Å². The summed E-state index contributed by atoms with van der Waals surface area (Å²) in [6.45, 7) is 5.48. The van der Waals surface area contributed by atoms with Crippen molar-refractivity contribution in [3.63, 3.8) is 0 Å². The highest BCUT2D eigenvalue weighted by molar-refractivity contribution is 7.91. The summed E-state index contributed by atoms with van der Waals surface area (Å²) < 4.78 is 34.6. The van der Waals surface area contributed by atoms with Crippen LogP contribution in [0.2, 0.25) is 0 Å². The summed E-state index contributed by atoms with van der Waals surface area (Å²) in [5.41, 5.74) is 0.574. The summed E-state index contributed by atoms with van der Waals surface area (Å²) in [6, 6.07) is 0. The highest BCUT2D eigenvalue weighted by atomic mass is 32.2. The van der Waals surface area contributed by atoms with Crippen molar-refractivity contribution >= 4 is 15.8 Å². The van der Waals surface area contributed by atoms with Gasteiger partial charge >= 0.3 is 5.97 Å². The molecule has 8 nitrogen and oxygen atoms in total. The molecule has 0 bridgehead atoms. The third-order valence-electron chi connectivity index (χ3n) is 3.00. The molecular weight excluding hydrogens is 298 g/mol. The summed E-state index contributed by atoms with van der Waals surface area (Å²) in [5, 5.41) is 7.10. The van der Waals surface area contributed by atoms with E-state index in [1.807, 2.05) is 0 Å². The number of nitrogens with zero attached hydrogens (tertiary/aromatic N) is 3. The van der Waals surface area contributed by atoms with Crippen LogP contribution < -0.4 is 0 Å². The fourth-order valence-corrected chi connectivity index (χ4v) is 2.40. The lowest BCUT2D eigenvalue weighted by molar-refractivity contribution is 0.0380. The lowest BCUT2D eigenvalue weighted by Gasteiger charge is -2.08. The van der Waals surface area contributed by atoms with Crippen LogP contribution in [0.4, 0.5) is 0 Å². The lowest BCUT2D eigenvalue weighted by Crippen LogP contribution is -2.22. The quantitative estimate of drug-likeness (QED) is 0.499. The predicted molar refractivity (Wildman–Crippen MR) is 75.8 cm³/mol. The Morgan fingerprint density at radius 3 is 2.57 bits per heavy atom. The van der Waals surface area contributed by atoms with Crippen LogP contribution in [0.3, 0.4) is 0 Å². The Morgan fingerprint density at radius 1 is 1.33 bits per heavy atom. The van der Waals surface area contributed by atoms with Crippen LogP contribution >= 0.6 is 0 Å². The van der Waals surface area contributed by atoms with Gasteiger partial charge < -0.3 is 9.47 Å². The molecule has 9 heteroatoms. The molecule has 0 atom stereocenters. The van der Waals surface area contributed by atoms with Gasteiger partial charge in [-0.15, -0.1) is 5.10 Å². The zero-order valence-corrected chi connectivity index (χ0v) is 13.5. The zero-order chi connectivity index (χ0) is 16.0. The fourth-order valence-electron chi connectivity index (χ4n) is 1.50. The van der Waals surface area contributed by atoms with E-state index in [1.54, 1.807) is 20.8 Å². The Balaban J connectivity index is 2.70. The number of esters is 1. The Kier molecular flexibility index (Phi) is 6.28. The number of rotatable bonds is 8. The number of hydrogen-bond acceptors (Lipinski definition) is 7. The number of sulfone groups is 1. The third kappa shape index (κ3) is 4.78. The van der Waals surface area contributed by atoms with Crippen molar-refractivity contribution in [1.82, 2.24) is 15.0 Å². The summed E-state index contributed by atoms with van der Waals surface area (Å²) >= 11 is 0. The van der Waals surface area contributed by atoms with Crippen LogP contribution in [0.1, 0.15) is 30.0 Å². The van der Waals surface area contributed by atoms with E-state index in [2.05, 4.69) is 10.3 Å². The molecule has 0 N–H and O–H groups in total. The van der Waals surface area contributed by atoms with Crippen molar-refractivity contribution < 1.29 is 22.7 Å². The maximum atomic E-state index is 11.8. The van der Waals surface area contributed by atoms with Gasteiger partial charge in [-0.05, 0) is 20.8 Å². The summed E-state index contributed by atoms with van der Waals surface area (Å²) in [7, 11) is -1.66. The van der Waals surface area contributed by atoms with Gasteiger partial charge in [0.2, 0.25) is 0 Å². The maximum Gasteiger partial charge on any atom is 0.360 e. The fraction of sp³-hybridized carbons (Fsp3) is 0.750. The van der Waals surface area contributed by atoms with Crippen molar-refractivity contribution in [2.24, 2.45) is 0 Å². The lowest BCUT2D eigenvalue weighted by atomic mass is 10.3. The van der Waals surface area contributed by atoms with E-state index in [0.29, 0.717) is 12.3 Å². The number of ether oxygens (including phenoxy) is 2. The van der Waals surface area contributed by atoms with Gasteiger partial charge in [0.15, 0.2) is 15.5 Å². The van der Waals surface area contributed by atoms with Gasteiger partial charge in [-0.3, -0.25) is 0 Å². The Labute approximate surface area is 124 Å². The van der Waals surface area contributed by atoms with Crippen molar-refractivity contribution in [2.75, 3.05) is 26.1 Å². The molecule has 0 unspecified atom stereocenters. The molecule has 0 amide bonds. The monoisotopic (exact) mass is 319 g/mol.